The fourth-order valence-electron chi connectivity index (χ4n) is 8.94. The Hall–Kier alpha value is -0.420. The van der Waals surface area contributed by atoms with Crippen LogP contribution in [-0.4, -0.2) is 41.9 Å². The van der Waals surface area contributed by atoms with Crippen LogP contribution in [0.1, 0.15) is 65.7 Å². The van der Waals surface area contributed by atoms with Gasteiger partial charge in [0.1, 0.15) is 0 Å². The standard InChI is InChI=1S/C25H40O4/c1-4-5-15-6-8-18-16-7-9-20-22(27)21(26)17(23-28-12-13-29-23)14-25(20,3)19(16)10-11-24(15,18)2/h4-5,15-23,26-27H,6-14H2,1-3H3/t15-,16-,17?,18-,19-,20+,21-,22+,24+,25+/m0/s1. The molecule has 4 nitrogen and oxygen atoms in total. The third-order valence-corrected chi connectivity index (χ3v) is 10.3. The molecular weight excluding hydrogens is 364 g/mol. The smallest absolute Gasteiger partial charge is 0.163 e. The highest BCUT2D eigenvalue weighted by Crippen LogP contribution is 2.68. The second-order valence-corrected chi connectivity index (χ2v) is 11.3. The van der Waals surface area contributed by atoms with Crippen molar-refractivity contribution in [3.63, 3.8) is 0 Å². The minimum absolute atomic E-state index is 0.0710. The van der Waals surface area contributed by atoms with Gasteiger partial charge in [-0.1, -0.05) is 26.0 Å². The van der Waals surface area contributed by atoms with Crippen molar-refractivity contribution >= 4 is 0 Å². The van der Waals surface area contributed by atoms with Crippen LogP contribution < -0.4 is 0 Å². The van der Waals surface area contributed by atoms with Crippen molar-refractivity contribution in [2.24, 2.45) is 46.3 Å². The highest BCUT2D eigenvalue weighted by Gasteiger charge is 2.63. The molecular formula is C25H40O4. The van der Waals surface area contributed by atoms with Crippen molar-refractivity contribution in [1.29, 1.82) is 0 Å². The number of hydrogen-bond donors (Lipinski definition) is 2. The second-order valence-electron chi connectivity index (χ2n) is 11.3. The van der Waals surface area contributed by atoms with E-state index in [0.717, 1.165) is 30.6 Å². The molecule has 0 spiro atoms. The quantitative estimate of drug-likeness (QED) is 0.679. The van der Waals surface area contributed by atoms with Gasteiger partial charge in [-0.2, -0.15) is 0 Å². The van der Waals surface area contributed by atoms with Crippen molar-refractivity contribution in [2.75, 3.05) is 13.2 Å². The van der Waals surface area contributed by atoms with Crippen molar-refractivity contribution < 1.29 is 19.7 Å². The highest BCUT2D eigenvalue weighted by atomic mass is 16.7. The van der Waals surface area contributed by atoms with E-state index in [9.17, 15) is 10.2 Å². The van der Waals surface area contributed by atoms with Gasteiger partial charge >= 0.3 is 0 Å². The SMILES string of the molecule is CC=C[C@H]1CC[C@H]2[C@@H]3CC[C@@H]4[C@@H](O)[C@@H](O)C(C5OCCO5)C[C@]4(C)[C@H]3CC[C@]12C. The molecule has 1 aliphatic heterocycles. The summed E-state index contributed by atoms with van der Waals surface area (Å²) >= 11 is 0. The Morgan fingerprint density at radius 3 is 2.21 bits per heavy atom. The monoisotopic (exact) mass is 404 g/mol. The van der Waals surface area contributed by atoms with E-state index in [1.54, 1.807) is 0 Å². The van der Waals surface area contributed by atoms with Crippen LogP contribution in [0.2, 0.25) is 0 Å². The molecule has 0 aromatic carbocycles. The molecule has 1 heterocycles. The van der Waals surface area contributed by atoms with Gasteiger partial charge in [-0.05, 0) is 92.3 Å². The fourth-order valence-corrected chi connectivity index (χ4v) is 8.94. The lowest BCUT2D eigenvalue weighted by atomic mass is 9.43. The number of ether oxygens (including phenoxy) is 2. The average Bonchev–Trinajstić information content (AvgIpc) is 3.34. The molecule has 1 saturated heterocycles. The van der Waals surface area contributed by atoms with Gasteiger partial charge in [-0.15, -0.1) is 0 Å². The Balaban J connectivity index is 1.43. The number of aliphatic hydroxyl groups is 2. The Kier molecular flexibility index (Phi) is 5.17. The van der Waals surface area contributed by atoms with E-state index in [0.29, 0.717) is 24.5 Å². The predicted molar refractivity (Wildman–Crippen MR) is 112 cm³/mol. The van der Waals surface area contributed by atoms with E-state index in [2.05, 4.69) is 32.9 Å². The molecule has 5 fully saturated rings. The molecule has 5 rings (SSSR count). The van der Waals surface area contributed by atoms with E-state index in [4.69, 9.17) is 9.47 Å². The maximum atomic E-state index is 11.1. The van der Waals surface area contributed by atoms with Crippen molar-refractivity contribution in [1.82, 2.24) is 0 Å². The first kappa shape index (κ1) is 20.5. The van der Waals surface area contributed by atoms with E-state index in [-0.39, 0.29) is 23.5 Å². The molecule has 4 aliphatic carbocycles. The van der Waals surface area contributed by atoms with E-state index >= 15 is 0 Å². The molecule has 0 bridgehead atoms. The largest absolute Gasteiger partial charge is 0.390 e. The van der Waals surface area contributed by atoms with Crippen molar-refractivity contribution in [3.05, 3.63) is 12.2 Å². The van der Waals surface area contributed by atoms with Gasteiger partial charge < -0.3 is 19.7 Å². The van der Waals surface area contributed by atoms with Gasteiger partial charge in [0.15, 0.2) is 6.29 Å². The van der Waals surface area contributed by atoms with E-state index in [1.165, 1.54) is 32.1 Å². The molecule has 0 aromatic heterocycles. The number of rotatable bonds is 2. The summed E-state index contributed by atoms with van der Waals surface area (Å²) < 4.78 is 11.6. The fraction of sp³-hybridized carbons (Fsp3) is 0.920. The first-order chi connectivity index (χ1) is 13.9. The molecule has 29 heavy (non-hydrogen) atoms. The first-order valence-corrected chi connectivity index (χ1v) is 12.1. The zero-order valence-electron chi connectivity index (χ0n) is 18.4. The second kappa shape index (κ2) is 7.32. The summed E-state index contributed by atoms with van der Waals surface area (Å²) in [6.07, 6.45) is 11.4. The summed E-state index contributed by atoms with van der Waals surface area (Å²) in [5.41, 5.74) is 0.516. The van der Waals surface area contributed by atoms with Gasteiger partial charge in [-0.3, -0.25) is 0 Å². The maximum Gasteiger partial charge on any atom is 0.163 e. The van der Waals surface area contributed by atoms with Crippen molar-refractivity contribution in [2.45, 2.75) is 84.2 Å². The Morgan fingerprint density at radius 2 is 1.48 bits per heavy atom. The predicted octanol–water partition coefficient (Wildman–Crippen LogP) is 4.15. The number of allylic oxidation sites excluding steroid dienone is 2. The van der Waals surface area contributed by atoms with Gasteiger partial charge in [0.2, 0.25) is 0 Å². The van der Waals surface area contributed by atoms with Crippen LogP contribution in [0.5, 0.6) is 0 Å². The lowest BCUT2D eigenvalue weighted by molar-refractivity contribution is -0.229. The van der Waals surface area contributed by atoms with Crippen LogP contribution in [0.4, 0.5) is 0 Å². The Bertz CT molecular complexity index is 643. The first-order valence-electron chi connectivity index (χ1n) is 12.1. The van der Waals surface area contributed by atoms with Crippen LogP contribution in [0.15, 0.2) is 12.2 Å². The van der Waals surface area contributed by atoms with E-state index in [1.807, 2.05) is 0 Å². The molecule has 164 valence electrons. The summed E-state index contributed by atoms with van der Waals surface area (Å²) in [4.78, 5) is 0. The van der Waals surface area contributed by atoms with Crippen molar-refractivity contribution in [3.8, 4) is 0 Å². The van der Waals surface area contributed by atoms with Gasteiger partial charge in [0, 0.05) is 5.92 Å². The summed E-state index contributed by atoms with van der Waals surface area (Å²) in [5.74, 6) is 3.04. The van der Waals surface area contributed by atoms with Gasteiger partial charge in [-0.25, -0.2) is 0 Å². The van der Waals surface area contributed by atoms with Crippen LogP contribution in [0, 0.1) is 46.3 Å². The zero-order valence-corrected chi connectivity index (χ0v) is 18.4. The molecule has 2 N–H and O–H groups in total. The molecule has 5 aliphatic rings. The summed E-state index contributed by atoms with van der Waals surface area (Å²) in [6, 6.07) is 0. The maximum absolute atomic E-state index is 11.1. The molecule has 10 atom stereocenters. The van der Waals surface area contributed by atoms with Gasteiger partial charge in [0.25, 0.3) is 0 Å². The summed E-state index contributed by atoms with van der Waals surface area (Å²) in [5, 5.41) is 22.1. The van der Waals surface area contributed by atoms with Crippen LogP contribution >= 0.6 is 0 Å². The Labute approximate surface area is 176 Å². The normalized spacial score (nSPS) is 55.6. The van der Waals surface area contributed by atoms with E-state index < -0.39 is 12.2 Å². The Morgan fingerprint density at radius 1 is 0.793 bits per heavy atom. The molecule has 0 amide bonds. The van der Waals surface area contributed by atoms with Crippen LogP contribution in [-0.2, 0) is 9.47 Å². The molecule has 0 radical (unpaired) electrons. The van der Waals surface area contributed by atoms with Crippen LogP contribution in [0.25, 0.3) is 0 Å². The minimum atomic E-state index is -0.730. The molecule has 4 heteroatoms. The third kappa shape index (κ3) is 2.92. The van der Waals surface area contributed by atoms with Crippen LogP contribution in [0.3, 0.4) is 0 Å². The number of aliphatic hydroxyl groups excluding tert-OH is 2. The molecule has 1 unspecified atom stereocenters. The van der Waals surface area contributed by atoms with Gasteiger partial charge in [0.05, 0.1) is 25.4 Å². The highest BCUT2D eigenvalue weighted by molar-refractivity contribution is 5.14. The summed E-state index contributed by atoms with van der Waals surface area (Å²) in [7, 11) is 0. The topological polar surface area (TPSA) is 58.9 Å². The number of fused-ring (bicyclic) bond motifs is 5. The third-order valence-electron chi connectivity index (χ3n) is 10.3. The molecule has 4 saturated carbocycles. The zero-order chi connectivity index (χ0) is 20.4. The summed E-state index contributed by atoms with van der Waals surface area (Å²) in [6.45, 7) is 8.34. The lowest BCUT2D eigenvalue weighted by Gasteiger charge is -2.63. The average molecular weight is 405 g/mol. The molecule has 0 aromatic rings. The minimum Gasteiger partial charge on any atom is -0.390 e. The lowest BCUT2D eigenvalue weighted by Crippen LogP contribution is -2.62. The number of hydrogen-bond acceptors (Lipinski definition) is 4.